The highest BCUT2D eigenvalue weighted by Gasteiger charge is 2.43. The van der Waals surface area contributed by atoms with Gasteiger partial charge in [0.15, 0.2) is 11.5 Å². The Morgan fingerprint density at radius 2 is 1.42 bits per heavy atom. The normalized spacial score (nSPS) is 29.0. The van der Waals surface area contributed by atoms with Crippen molar-refractivity contribution in [3.63, 3.8) is 0 Å². The molecular formula is C16H18O10. The second-order valence-electron chi connectivity index (χ2n) is 6.06. The molecule has 0 aromatic heterocycles. The van der Waals surface area contributed by atoms with Crippen LogP contribution in [0, 0.1) is 0 Å². The maximum absolute atomic E-state index is 10.1. The summed E-state index contributed by atoms with van der Waals surface area (Å²) < 4.78 is 10.7. The van der Waals surface area contributed by atoms with Gasteiger partial charge in [0, 0.05) is 11.5 Å². The zero-order valence-corrected chi connectivity index (χ0v) is 13.4. The number of ether oxygens (including phenoxy) is 2. The van der Waals surface area contributed by atoms with Crippen molar-refractivity contribution in [3.05, 3.63) is 12.1 Å². The lowest BCUT2D eigenvalue weighted by molar-refractivity contribution is -0.267. The number of benzene rings is 2. The number of phenols is 5. The van der Waals surface area contributed by atoms with Crippen LogP contribution in [0.3, 0.4) is 0 Å². The second-order valence-corrected chi connectivity index (χ2v) is 6.06. The van der Waals surface area contributed by atoms with E-state index in [4.69, 9.17) is 9.47 Å². The molecule has 3 rings (SSSR count). The molecular weight excluding hydrogens is 352 g/mol. The molecule has 0 bridgehead atoms. The van der Waals surface area contributed by atoms with Gasteiger partial charge in [-0.15, -0.1) is 0 Å². The summed E-state index contributed by atoms with van der Waals surface area (Å²) in [6, 6.07) is 2.02. The number of rotatable bonds is 2. The minimum atomic E-state index is -1.67. The van der Waals surface area contributed by atoms with Gasteiger partial charge in [0.2, 0.25) is 17.8 Å². The molecule has 2 aromatic rings. The van der Waals surface area contributed by atoms with Crippen molar-refractivity contribution >= 4 is 10.8 Å². The summed E-state index contributed by atoms with van der Waals surface area (Å²) in [5.74, 6) is -4.41. The average Bonchev–Trinajstić information content (AvgIpc) is 2.60. The van der Waals surface area contributed by atoms with Crippen LogP contribution in [0.15, 0.2) is 12.1 Å². The molecule has 8 N–H and O–H groups in total. The number of hydrogen-bond donors (Lipinski definition) is 8. The minimum absolute atomic E-state index is 0.244. The van der Waals surface area contributed by atoms with Crippen molar-refractivity contribution in [2.75, 3.05) is 0 Å². The lowest BCUT2D eigenvalue weighted by Crippen LogP contribution is -2.58. The zero-order chi connectivity index (χ0) is 19.3. The van der Waals surface area contributed by atoms with Crippen molar-refractivity contribution in [3.8, 4) is 34.5 Å². The first kappa shape index (κ1) is 18.1. The lowest BCUT2D eigenvalue weighted by Gasteiger charge is -2.39. The molecule has 142 valence electrons. The summed E-state index contributed by atoms with van der Waals surface area (Å²) in [6.45, 7) is 1.43. The Bertz CT molecular complexity index is 851. The summed E-state index contributed by atoms with van der Waals surface area (Å²) in [6.07, 6.45) is -7.00. The molecule has 10 nitrogen and oxygen atoms in total. The molecule has 0 spiro atoms. The first-order chi connectivity index (χ1) is 12.1. The second kappa shape index (κ2) is 6.25. The van der Waals surface area contributed by atoms with E-state index in [1.807, 2.05) is 0 Å². The number of aliphatic hydroxyl groups excluding tert-OH is 3. The van der Waals surface area contributed by atoms with Crippen molar-refractivity contribution < 1.29 is 50.3 Å². The van der Waals surface area contributed by atoms with Crippen LogP contribution in [-0.2, 0) is 4.74 Å². The van der Waals surface area contributed by atoms with Gasteiger partial charge in [-0.2, -0.15) is 0 Å². The number of hydrogen-bond acceptors (Lipinski definition) is 10. The quantitative estimate of drug-likeness (QED) is 0.255. The molecule has 5 atom stereocenters. The number of phenolic OH excluding ortho intramolecular Hbond substituents is 5. The average molecular weight is 370 g/mol. The Kier molecular flexibility index (Phi) is 4.36. The van der Waals surface area contributed by atoms with Crippen LogP contribution >= 0.6 is 0 Å². The van der Waals surface area contributed by atoms with Gasteiger partial charge in [0.1, 0.15) is 29.8 Å². The van der Waals surface area contributed by atoms with Crippen LogP contribution in [0.2, 0.25) is 0 Å². The Morgan fingerprint density at radius 3 is 2.08 bits per heavy atom. The number of aromatic hydroxyl groups is 5. The highest BCUT2D eigenvalue weighted by molar-refractivity contribution is 6.02. The maximum atomic E-state index is 10.1. The van der Waals surface area contributed by atoms with E-state index in [1.165, 1.54) is 6.92 Å². The molecule has 0 unspecified atom stereocenters. The topological polar surface area (TPSA) is 180 Å². The maximum Gasteiger partial charge on any atom is 0.229 e. The number of fused-ring (bicyclic) bond motifs is 1. The fourth-order valence-electron chi connectivity index (χ4n) is 2.83. The summed E-state index contributed by atoms with van der Waals surface area (Å²) in [5, 5.41) is 78.3. The van der Waals surface area contributed by atoms with Crippen LogP contribution < -0.4 is 4.74 Å². The van der Waals surface area contributed by atoms with E-state index in [2.05, 4.69) is 0 Å². The van der Waals surface area contributed by atoms with Crippen LogP contribution in [0.4, 0.5) is 0 Å². The van der Waals surface area contributed by atoms with Gasteiger partial charge in [-0.3, -0.25) is 0 Å². The Hall–Kier alpha value is -2.66. The van der Waals surface area contributed by atoms with Gasteiger partial charge < -0.3 is 50.3 Å². The summed E-state index contributed by atoms with van der Waals surface area (Å²) in [7, 11) is 0. The molecule has 2 aromatic carbocycles. The minimum Gasteiger partial charge on any atom is -0.508 e. The first-order valence-corrected chi connectivity index (χ1v) is 7.62. The van der Waals surface area contributed by atoms with Gasteiger partial charge in [-0.25, -0.2) is 0 Å². The molecule has 10 heteroatoms. The summed E-state index contributed by atoms with van der Waals surface area (Å²) in [5.41, 5.74) is 0. The molecule has 0 saturated carbocycles. The van der Waals surface area contributed by atoms with E-state index < -0.39 is 59.5 Å². The monoisotopic (exact) mass is 370 g/mol. The van der Waals surface area contributed by atoms with Gasteiger partial charge in [-0.1, -0.05) is 0 Å². The SMILES string of the molecule is C[C@@H]1O[C@@H](Oc2cc(O)cc3c(O)c(O)c(O)c(O)c23)[C@H](O)[C@H](O)[C@H]1O. The van der Waals surface area contributed by atoms with Crippen molar-refractivity contribution in [2.45, 2.75) is 37.6 Å². The van der Waals surface area contributed by atoms with Crippen LogP contribution in [-0.4, -0.2) is 71.6 Å². The van der Waals surface area contributed by atoms with Crippen LogP contribution in [0.1, 0.15) is 6.92 Å². The Labute approximate surface area is 146 Å². The largest absolute Gasteiger partial charge is 0.508 e. The van der Waals surface area contributed by atoms with Gasteiger partial charge in [0.05, 0.1) is 11.5 Å². The van der Waals surface area contributed by atoms with E-state index in [0.717, 1.165) is 12.1 Å². The Balaban J connectivity index is 2.11. The van der Waals surface area contributed by atoms with Crippen LogP contribution in [0.5, 0.6) is 34.5 Å². The van der Waals surface area contributed by atoms with Crippen molar-refractivity contribution in [1.82, 2.24) is 0 Å². The van der Waals surface area contributed by atoms with Gasteiger partial charge >= 0.3 is 0 Å². The highest BCUT2D eigenvalue weighted by Crippen LogP contribution is 2.52. The highest BCUT2D eigenvalue weighted by atomic mass is 16.7. The third-order valence-electron chi connectivity index (χ3n) is 4.30. The van der Waals surface area contributed by atoms with Gasteiger partial charge in [-0.05, 0) is 13.0 Å². The van der Waals surface area contributed by atoms with Crippen molar-refractivity contribution in [2.24, 2.45) is 0 Å². The van der Waals surface area contributed by atoms with Crippen molar-refractivity contribution in [1.29, 1.82) is 0 Å². The van der Waals surface area contributed by atoms with E-state index in [-0.39, 0.29) is 16.5 Å². The standard InChI is InChI=1S/C16H18O10/c1-4-9(18)12(21)15(24)16(25-4)26-7-3-5(17)2-6-8(7)11(20)14(23)13(22)10(6)19/h2-4,9,12,15-24H,1H3/t4-,9-,12+,15+,16-/m0/s1. The molecule has 1 saturated heterocycles. The Morgan fingerprint density at radius 1 is 0.808 bits per heavy atom. The number of aliphatic hydroxyl groups is 3. The van der Waals surface area contributed by atoms with Crippen LogP contribution in [0.25, 0.3) is 10.8 Å². The summed E-state index contributed by atoms with van der Waals surface area (Å²) in [4.78, 5) is 0. The van der Waals surface area contributed by atoms with E-state index in [9.17, 15) is 40.9 Å². The predicted octanol–water partition coefficient (Wildman–Crippen LogP) is -0.426. The fraction of sp³-hybridized carbons (Fsp3) is 0.375. The van der Waals surface area contributed by atoms with E-state index in [0.29, 0.717) is 0 Å². The molecule has 26 heavy (non-hydrogen) atoms. The summed E-state index contributed by atoms with van der Waals surface area (Å²) >= 11 is 0. The predicted molar refractivity (Wildman–Crippen MR) is 85.3 cm³/mol. The lowest BCUT2D eigenvalue weighted by atomic mass is 10.00. The molecule has 1 fully saturated rings. The molecule has 1 aliphatic heterocycles. The smallest absolute Gasteiger partial charge is 0.229 e. The third kappa shape index (κ3) is 2.69. The molecule has 1 aliphatic rings. The molecule has 0 radical (unpaired) electrons. The molecule has 0 aliphatic carbocycles. The molecule has 1 heterocycles. The first-order valence-electron chi connectivity index (χ1n) is 7.62. The zero-order valence-electron chi connectivity index (χ0n) is 13.4. The molecule has 0 amide bonds. The van der Waals surface area contributed by atoms with Gasteiger partial charge in [0.25, 0.3) is 0 Å². The fourth-order valence-corrected chi connectivity index (χ4v) is 2.83. The van der Waals surface area contributed by atoms with E-state index in [1.54, 1.807) is 0 Å². The third-order valence-corrected chi connectivity index (χ3v) is 4.30. The van der Waals surface area contributed by atoms with E-state index >= 15 is 0 Å².